The van der Waals surface area contributed by atoms with Crippen LogP contribution in [0, 0.1) is 10.1 Å². The van der Waals surface area contributed by atoms with Crippen molar-refractivity contribution >= 4 is 5.69 Å². The van der Waals surface area contributed by atoms with E-state index in [1.807, 2.05) is 0 Å². The molecule has 1 aromatic rings. The Kier molecular flexibility index (Phi) is 3.41. The van der Waals surface area contributed by atoms with E-state index < -0.39 is 4.92 Å². The molecule has 0 heterocycles. The minimum atomic E-state index is -0.465. The fourth-order valence-corrected chi connectivity index (χ4v) is 1.21. The molecule has 0 atom stereocenters. The fraction of sp³-hybridized carbons (Fsp3) is 0.333. The topological polar surface area (TPSA) is 61.6 Å². The fourth-order valence-electron chi connectivity index (χ4n) is 1.21. The third-order valence-corrected chi connectivity index (χ3v) is 1.78. The Hall–Kier alpha value is -1.62. The third-order valence-electron chi connectivity index (χ3n) is 1.78. The summed E-state index contributed by atoms with van der Waals surface area (Å²) in [6.45, 7) is 0.202. The van der Waals surface area contributed by atoms with Crippen LogP contribution in [0.2, 0.25) is 0 Å². The van der Waals surface area contributed by atoms with E-state index in [2.05, 4.69) is 0 Å². The van der Waals surface area contributed by atoms with Gasteiger partial charge in [-0.3, -0.25) is 10.1 Å². The second-order valence-corrected chi connectivity index (χ2v) is 2.66. The van der Waals surface area contributed by atoms with Crippen LogP contribution in [0.5, 0.6) is 5.75 Å². The summed E-state index contributed by atoms with van der Waals surface area (Å²) in [5, 5.41) is 10.7. The summed E-state index contributed by atoms with van der Waals surface area (Å²) in [7, 11) is 2.89. The van der Waals surface area contributed by atoms with Gasteiger partial charge < -0.3 is 9.47 Å². The molecule has 0 aliphatic heterocycles. The Morgan fingerprint density at radius 2 is 2.14 bits per heavy atom. The van der Waals surface area contributed by atoms with Crippen molar-refractivity contribution < 1.29 is 14.4 Å². The summed E-state index contributed by atoms with van der Waals surface area (Å²) in [6, 6.07) is 4.89. The number of ether oxygens (including phenoxy) is 2. The second kappa shape index (κ2) is 4.57. The molecule has 1 rings (SSSR count). The highest BCUT2D eigenvalue weighted by molar-refractivity contribution is 5.52. The Labute approximate surface area is 81.4 Å². The Morgan fingerprint density at radius 3 is 2.64 bits per heavy atom. The first-order chi connectivity index (χ1) is 6.70. The first-order valence-corrected chi connectivity index (χ1v) is 4.00. The normalized spacial score (nSPS) is 9.86. The molecular weight excluding hydrogens is 186 g/mol. The summed E-state index contributed by atoms with van der Waals surface area (Å²) >= 11 is 0. The zero-order chi connectivity index (χ0) is 10.6. The third kappa shape index (κ3) is 2.00. The van der Waals surface area contributed by atoms with Crippen LogP contribution in [0.15, 0.2) is 18.2 Å². The zero-order valence-corrected chi connectivity index (χ0v) is 8.02. The number of hydrogen-bond donors (Lipinski definition) is 0. The highest BCUT2D eigenvalue weighted by Gasteiger charge is 2.19. The van der Waals surface area contributed by atoms with E-state index in [9.17, 15) is 10.1 Å². The number of nitrogens with zero attached hydrogens (tertiary/aromatic N) is 1. The first kappa shape index (κ1) is 10.5. The van der Waals surface area contributed by atoms with E-state index in [4.69, 9.17) is 9.47 Å². The van der Waals surface area contributed by atoms with Gasteiger partial charge in [0.2, 0.25) is 0 Å². The van der Waals surface area contributed by atoms with Gasteiger partial charge in [-0.2, -0.15) is 0 Å². The molecule has 0 saturated heterocycles. The number of hydrogen-bond acceptors (Lipinski definition) is 4. The number of nitro benzene ring substituents is 1. The van der Waals surface area contributed by atoms with Gasteiger partial charge in [0.25, 0.3) is 0 Å². The maximum Gasteiger partial charge on any atom is 0.316 e. The lowest BCUT2D eigenvalue weighted by molar-refractivity contribution is -0.386. The number of nitro groups is 1. The molecule has 0 amide bonds. The summed E-state index contributed by atoms with van der Waals surface area (Å²) in [5.74, 6) is 0.254. The van der Waals surface area contributed by atoms with Crippen LogP contribution < -0.4 is 4.74 Å². The lowest BCUT2D eigenvalue weighted by Gasteiger charge is -2.05. The predicted octanol–water partition coefficient (Wildman–Crippen LogP) is 1.75. The minimum absolute atomic E-state index is 0.0307. The van der Waals surface area contributed by atoms with E-state index in [1.165, 1.54) is 14.2 Å². The van der Waals surface area contributed by atoms with Gasteiger partial charge >= 0.3 is 5.69 Å². The molecule has 0 aromatic heterocycles. The van der Waals surface area contributed by atoms with Gasteiger partial charge in [0.15, 0.2) is 5.75 Å². The smallest absolute Gasteiger partial charge is 0.316 e. The molecule has 14 heavy (non-hydrogen) atoms. The van der Waals surface area contributed by atoms with E-state index in [-0.39, 0.29) is 18.0 Å². The average Bonchev–Trinajstić information content (AvgIpc) is 2.17. The Bertz CT molecular complexity index is 338. The first-order valence-electron chi connectivity index (χ1n) is 4.00. The lowest BCUT2D eigenvalue weighted by Crippen LogP contribution is -1.99. The minimum Gasteiger partial charge on any atom is -0.490 e. The van der Waals surface area contributed by atoms with Gasteiger partial charge in [-0.15, -0.1) is 0 Å². The SMILES string of the molecule is COCc1cccc(OC)c1[N+](=O)[O-]. The molecule has 0 aliphatic rings. The highest BCUT2D eigenvalue weighted by Crippen LogP contribution is 2.30. The van der Waals surface area contributed by atoms with Crippen molar-refractivity contribution in [2.45, 2.75) is 6.61 Å². The van der Waals surface area contributed by atoms with Crippen LogP contribution in [0.3, 0.4) is 0 Å². The van der Waals surface area contributed by atoms with Gasteiger partial charge in [-0.1, -0.05) is 6.07 Å². The van der Waals surface area contributed by atoms with E-state index in [0.29, 0.717) is 5.56 Å². The molecule has 0 radical (unpaired) electrons. The van der Waals surface area contributed by atoms with Crippen LogP contribution in [0.1, 0.15) is 5.56 Å². The lowest BCUT2D eigenvalue weighted by atomic mass is 10.2. The van der Waals surface area contributed by atoms with Gasteiger partial charge in [0.05, 0.1) is 24.2 Å². The van der Waals surface area contributed by atoms with Crippen molar-refractivity contribution in [1.82, 2.24) is 0 Å². The molecule has 0 spiro atoms. The second-order valence-electron chi connectivity index (χ2n) is 2.66. The quantitative estimate of drug-likeness (QED) is 0.545. The molecule has 5 heteroatoms. The van der Waals surface area contributed by atoms with Crippen LogP contribution in [-0.2, 0) is 11.3 Å². The van der Waals surface area contributed by atoms with Crippen molar-refractivity contribution in [2.75, 3.05) is 14.2 Å². The predicted molar refractivity (Wildman–Crippen MR) is 50.4 cm³/mol. The summed E-state index contributed by atoms with van der Waals surface area (Å²) in [5.41, 5.74) is 0.480. The molecule has 0 fully saturated rings. The van der Waals surface area contributed by atoms with Crippen molar-refractivity contribution in [2.24, 2.45) is 0 Å². The van der Waals surface area contributed by atoms with E-state index >= 15 is 0 Å². The van der Waals surface area contributed by atoms with Crippen LogP contribution in [-0.4, -0.2) is 19.1 Å². The standard InChI is InChI=1S/C9H11NO4/c1-13-6-7-4-3-5-8(14-2)9(7)10(11)12/h3-5H,6H2,1-2H3. The molecule has 0 unspecified atom stereocenters. The zero-order valence-electron chi connectivity index (χ0n) is 8.02. The molecule has 76 valence electrons. The Balaban J connectivity index is 3.20. The van der Waals surface area contributed by atoms with Gasteiger partial charge in [-0.25, -0.2) is 0 Å². The number of para-hydroxylation sites is 1. The Morgan fingerprint density at radius 1 is 1.43 bits per heavy atom. The summed E-state index contributed by atoms with van der Waals surface area (Å²) in [4.78, 5) is 10.3. The molecule has 5 nitrogen and oxygen atoms in total. The molecule has 1 aromatic carbocycles. The number of benzene rings is 1. The maximum absolute atomic E-state index is 10.7. The van der Waals surface area contributed by atoms with E-state index in [1.54, 1.807) is 18.2 Å². The van der Waals surface area contributed by atoms with Crippen molar-refractivity contribution in [3.63, 3.8) is 0 Å². The summed E-state index contributed by atoms with van der Waals surface area (Å²) < 4.78 is 9.75. The van der Waals surface area contributed by atoms with Crippen molar-refractivity contribution in [3.05, 3.63) is 33.9 Å². The monoisotopic (exact) mass is 197 g/mol. The van der Waals surface area contributed by atoms with Gasteiger partial charge in [-0.05, 0) is 12.1 Å². The molecular formula is C9H11NO4. The van der Waals surface area contributed by atoms with Gasteiger partial charge in [0, 0.05) is 7.11 Å². The number of rotatable bonds is 4. The van der Waals surface area contributed by atoms with Crippen molar-refractivity contribution in [1.29, 1.82) is 0 Å². The highest BCUT2D eigenvalue weighted by atomic mass is 16.6. The maximum atomic E-state index is 10.7. The molecule has 0 saturated carbocycles. The van der Waals surface area contributed by atoms with Crippen LogP contribution >= 0.6 is 0 Å². The number of methoxy groups -OCH3 is 2. The van der Waals surface area contributed by atoms with Gasteiger partial charge in [0.1, 0.15) is 0 Å². The van der Waals surface area contributed by atoms with Crippen molar-refractivity contribution in [3.8, 4) is 5.75 Å². The molecule has 0 bridgehead atoms. The summed E-state index contributed by atoms with van der Waals surface area (Å²) in [6.07, 6.45) is 0. The van der Waals surface area contributed by atoms with E-state index in [0.717, 1.165) is 0 Å². The average molecular weight is 197 g/mol. The van der Waals surface area contributed by atoms with Crippen LogP contribution in [0.25, 0.3) is 0 Å². The molecule has 0 aliphatic carbocycles. The largest absolute Gasteiger partial charge is 0.490 e. The molecule has 0 N–H and O–H groups in total. The van der Waals surface area contributed by atoms with Crippen LogP contribution in [0.4, 0.5) is 5.69 Å².